The molecule has 2 aromatic carbocycles. The number of piperidine rings is 1. The van der Waals surface area contributed by atoms with Crippen molar-refractivity contribution in [2.45, 2.75) is 19.3 Å². The first-order chi connectivity index (χ1) is 15.1. The summed E-state index contributed by atoms with van der Waals surface area (Å²) >= 11 is 0. The Kier molecular flexibility index (Phi) is 8.47. The molecule has 1 aliphatic rings. The number of para-hydroxylation sites is 1. The summed E-state index contributed by atoms with van der Waals surface area (Å²) in [5.41, 5.74) is 2.35. The van der Waals surface area contributed by atoms with Crippen molar-refractivity contribution in [3.05, 3.63) is 72.1 Å². The Morgan fingerprint density at radius 2 is 1.87 bits per heavy atom. The zero-order chi connectivity index (χ0) is 22.1. The van der Waals surface area contributed by atoms with Crippen molar-refractivity contribution in [1.82, 2.24) is 10.2 Å². The summed E-state index contributed by atoms with van der Waals surface area (Å²) in [7, 11) is 1.63. The second kappa shape index (κ2) is 11.5. The van der Waals surface area contributed by atoms with Gasteiger partial charge in [0.2, 0.25) is 5.91 Å². The lowest BCUT2D eigenvalue weighted by atomic mass is 9.96. The van der Waals surface area contributed by atoms with Crippen LogP contribution in [0.3, 0.4) is 0 Å². The Labute approximate surface area is 184 Å². The Morgan fingerprint density at radius 3 is 2.61 bits per heavy atom. The van der Waals surface area contributed by atoms with Crippen molar-refractivity contribution in [2.24, 2.45) is 5.92 Å². The largest absolute Gasteiger partial charge is 0.491 e. The summed E-state index contributed by atoms with van der Waals surface area (Å²) in [5.74, 6) is 1.14. The molecule has 6 nitrogen and oxygen atoms in total. The molecule has 1 heterocycles. The minimum atomic E-state index is -0.0749. The van der Waals surface area contributed by atoms with Gasteiger partial charge < -0.3 is 19.7 Å². The van der Waals surface area contributed by atoms with E-state index in [9.17, 15) is 9.59 Å². The van der Waals surface area contributed by atoms with Crippen LogP contribution in [0.4, 0.5) is 0 Å². The number of ether oxygens (including phenoxy) is 2. The minimum absolute atomic E-state index is 0.0749. The zero-order valence-corrected chi connectivity index (χ0v) is 18.1. The lowest BCUT2D eigenvalue weighted by molar-refractivity contribution is -0.131. The molecule has 2 amide bonds. The maximum absolute atomic E-state index is 12.8. The summed E-state index contributed by atoms with van der Waals surface area (Å²) in [5, 5.41) is 3.01. The molecule has 0 unspecified atom stereocenters. The molecule has 31 heavy (non-hydrogen) atoms. The molecule has 0 bridgehead atoms. The number of nitrogens with zero attached hydrogens (tertiary/aromatic N) is 1. The van der Waals surface area contributed by atoms with Gasteiger partial charge in [0.1, 0.15) is 12.4 Å². The topological polar surface area (TPSA) is 67.9 Å². The molecule has 1 radical (unpaired) electrons. The van der Waals surface area contributed by atoms with Crippen LogP contribution in [-0.4, -0.2) is 56.7 Å². The molecule has 0 spiro atoms. The Bertz CT molecular complexity index is 875. The van der Waals surface area contributed by atoms with E-state index in [1.165, 1.54) is 0 Å². The highest BCUT2D eigenvalue weighted by atomic mass is 16.5. The zero-order valence-electron chi connectivity index (χ0n) is 18.1. The van der Waals surface area contributed by atoms with Crippen LogP contribution in [0.25, 0.3) is 0 Å². The number of rotatable bonds is 9. The molecule has 0 aliphatic carbocycles. The fourth-order valence-corrected chi connectivity index (χ4v) is 3.74. The van der Waals surface area contributed by atoms with E-state index >= 15 is 0 Å². The third-order valence-electron chi connectivity index (χ3n) is 5.57. The van der Waals surface area contributed by atoms with E-state index in [0.717, 1.165) is 29.7 Å². The van der Waals surface area contributed by atoms with Gasteiger partial charge in [-0.3, -0.25) is 9.59 Å². The van der Waals surface area contributed by atoms with Gasteiger partial charge in [0.05, 0.1) is 13.0 Å². The van der Waals surface area contributed by atoms with Crippen LogP contribution in [0.2, 0.25) is 0 Å². The quantitative estimate of drug-likeness (QED) is 0.630. The number of carbonyl (C=O) groups is 2. The molecule has 3 rings (SSSR count). The molecule has 0 atom stereocenters. The maximum Gasteiger partial charge on any atom is 0.251 e. The van der Waals surface area contributed by atoms with Gasteiger partial charge in [-0.25, -0.2) is 0 Å². The molecular weight excluding hydrogens is 392 g/mol. The number of carbonyl (C=O) groups excluding carboxylic acids is 2. The first-order valence-electron chi connectivity index (χ1n) is 10.7. The number of benzene rings is 2. The van der Waals surface area contributed by atoms with Crippen molar-refractivity contribution in [3.8, 4) is 5.75 Å². The van der Waals surface area contributed by atoms with Crippen LogP contribution in [0.15, 0.2) is 48.5 Å². The van der Waals surface area contributed by atoms with Crippen molar-refractivity contribution in [1.29, 1.82) is 0 Å². The highest BCUT2D eigenvalue weighted by Crippen LogP contribution is 2.22. The highest BCUT2D eigenvalue weighted by Gasteiger charge is 2.24. The second-order valence-corrected chi connectivity index (χ2v) is 7.86. The number of hydrogen-bond donors (Lipinski definition) is 1. The first kappa shape index (κ1) is 22.8. The lowest BCUT2D eigenvalue weighted by Crippen LogP contribution is -2.42. The van der Waals surface area contributed by atoms with Gasteiger partial charge in [0, 0.05) is 37.9 Å². The molecule has 0 saturated carbocycles. The molecular formula is C25H31N2O4. The Hall–Kier alpha value is -2.86. The normalized spacial score (nSPS) is 14.3. The average molecular weight is 424 g/mol. The van der Waals surface area contributed by atoms with Crippen LogP contribution >= 0.6 is 0 Å². The summed E-state index contributed by atoms with van der Waals surface area (Å²) in [6.07, 6.45) is 2.09. The number of amides is 2. The van der Waals surface area contributed by atoms with E-state index in [0.29, 0.717) is 50.8 Å². The lowest BCUT2D eigenvalue weighted by Gasteiger charge is -2.32. The summed E-state index contributed by atoms with van der Waals surface area (Å²) in [6.45, 7) is 6.87. The monoisotopic (exact) mass is 423 g/mol. The molecule has 1 aliphatic heterocycles. The van der Waals surface area contributed by atoms with Gasteiger partial charge in [0.25, 0.3) is 5.91 Å². The summed E-state index contributed by atoms with van der Waals surface area (Å²) in [4.78, 5) is 27.0. The second-order valence-electron chi connectivity index (χ2n) is 7.86. The molecule has 1 N–H and O–H groups in total. The molecule has 165 valence electrons. The third kappa shape index (κ3) is 6.82. The van der Waals surface area contributed by atoms with Gasteiger partial charge in [-0.1, -0.05) is 30.3 Å². The predicted octanol–water partition coefficient (Wildman–Crippen LogP) is 3.11. The number of nitrogens with one attached hydrogen (secondary N) is 1. The van der Waals surface area contributed by atoms with E-state index in [1.54, 1.807) is 19.2 Å². The van der Waals surface area contributed by atoms with Crippen molar-refractivity contribution in [3.63, 3.8) is 0 Å². The number of hydrogen-bond acceptors (Lipinski definition) is 4. The Morgan fingerprint density at radius 1 is 1.10 bits per heavy atom. The minimum Gasteiger partial charge on any atom is -0.491 e. The number of likely N-dealkylation sites (tertiary alicyclic amines) is 1. The van der Waals surface area contributed by atoms with Crippen LogP contribution in [-0.2, 0) is 16.0 Å². The SMILES string of the molecule is [CH2]c1cccc(C(=O)NCC2CCN(C(=O)Cc3ccccc3OCCOC)CC2)c1. The van der Waals surface area contributed by atoms with Gasteiger partial charge in [-0.15, -0.1) is 0 Å². The van der Waals surface area contributed by atoms with E-state index in [1.807, 2.05) is 41.3 Å². The van der Waals surface area contributed by atoms with Gasteiger partial charge in [0.15, 0.2) is 0 Å². The third-order valence-corrected chi connectivity index (χ3v) is 5.57. The summed E-state index contributed by atoms with van der Waals surface area (Å²) in [6, 6.07) is 14.9. The molecule has 1 fully saturated rings. The van der Waals surface area contributed by atoms with Crippen LogP contribution in [0.5, 0.6) is 5.75 Å². The van der Waals surface area contributed by atoms with Crippen molar-refractivity contribution in [2.75, 3.05) is 40.0 Å². The van der Waals surface area contributed by atoms with Crippen LogP contribution in [0, 0.1) is 12.8 Å². The molecule has 0 aromatic heterocycles. The predicted molar refractivity (Wildman–Crippen MR) is 120 cm³/mol. The molecule has 6 heteroatoms. The van der Waals surface area contributed by atoms with Gasteiger partial charge in [-0.2, -0.15) is 0 Å². The molecule has 1 saturated heterocycles. The van der Waals surface area contributed by atoms with Crippen LogP contribution in [0.1, 0.15) is 34.3 Å². The first-order valence-corrected chi connectivity index (χ1v) is 10.7. The Balaban J connectivity index is 1.44. The van der Waals surface area contributed by atoms with Gasteiger partial charge in [-0.05, 0) is 49.4 Å². The summed E-state index contributed by atoms with van der Waals surface area (Å²) < 4.78 is 10.8. The molecule has 2 aromatic rings. The van der Waals surface area contributed by atoms with Crippen molar-refractivity contribution < 1.29 is 19.1 Å². The maximum atomic E-state index is 12.8. The van der Waals surface area contributed by atoms with Crippen molar-refractivity contribution >= 4 is 11.8 Å². The number of methoxy groups -OCH3 is 1. The van der Waals surface area contributed by atoms with E-state index < -0.39 is 0 Å². The fourth-order valence-electron chi connectivity index (χ4n) is 3.74. The average Bonchev–Trinajstić information content (AvgIpc) is 2.79. The van der Waals surface area contributed by atoms with E-state index in [2.05, 4.69) is 12.2 Å². The van der Waals surface area contributed by atoms with Crippen LogP contribution < -0.4 is 10.1 Å². The van der Waals surface area contributed by atoms with Gasteiger partial charge >= 0.3 is 0 Å². The van der Waals surface area contributed by atoms with E-state index in [4.69, 9.17) is 9.47 Å². The smallest absolute Gasteiger partial charge is 0.251 e. The standard InChI is InChI=1S/C25H31N2O4/c1-19-6-5-8-22(16-19)25(29)26-18-20-10-12-27(13-11-20)24(28)17-21-7-3-4-9-23(21)31-15-14-30-2/h3-9,16,20H,1,10-15,17-18H2,2H3,(H,26,29). The van der Waals surface area contributed by atoms with E-state index in [-0.39, 0.29) is 11.8 Å². The highest BCUT2D eigenvalue weighted by molar-refractivity contribution is 5.94. The fraction of sp³-hybridized carbons (Fsp3) is 0.400.